The Hall–Kier alpha value is -1.35. The molecule has 0 fully saturated rings. The van der Waals surface area contributed by atoms with Crippen LogP contribution in [0.2, 0.25) is 0 Å². The molecule has 2 rings (SSSR count). The van der Waals surface area contributed by atoms with Crippen LogP contribution in [0.1, 0.15) is 41.6 Å². The lowest BCUT2D eigenvalue weighted by molar-refractivity contribution is -0.118. The fourth-order valence-corrected chi connectivity index (χ4v) is 2.54. The molecule has 4 heteroatoms. The predicted octanol–water partition coefficient (Wildman–Crippen LogP) is 3.19. The maximum atomic E-state index is 12.0. The van der Waals surface area contributed by atoms with Crippen molar-refractivity contribution in [2.24, 2.45) is 0 Å². The number of ketones is 1. The summed E-state index contributed by atoms with van der Waals surface area (Å²) >= 11 is 5.61. The summed E-state index contributed by atoms with van der Waals surface area (Å²) in [6.07, 6.45) is 3.49. The first-order chi connectivity index (χ1) is 9.13. The number of rotatable bonds is 5. The van der Waals surface area contributed by atoms with E-state index in [9.17, 15) is 9.59 Å². The zero-order chi connectivity index (χ0) is 13.8. The molecule has 102 valence electrons. The highest BCUT2D eigenvalue weighted by Crippen LogP contribution is 2.28. The minimum Gasteiger partial charge on any atom is -0.315 e. The van der Waals surface area contributed by atoms with E-state index in [4.69, 9.17) is 11.6 Å². The van der Waals surface area contributed by atoms with E-state index in [-0.39, 0.29) is 11.7 Å². The number of anilines is 1. The molecular formula is C15H18ClNO2. The Morgan fingerprint density at radius 1 is 1.32 bits per heavy atom. The molecule has 1 aromatic carbocycles. The first-order valence-corrected chi connectivity index (χ1v) is 7.15. The average Bonchev–Trinajstić information content (AvgIpc) is 2.43. The zero-order valence-corrected chi connectivity index (χ0v) is 11.9. The number of alkyl halides is 1. The second-order valence-electron chi connectivity index (χ2n) is 4.87. The van der Waals surface area contributed by atoms with Gasteiger partial charge in [-0.15, -0.1) is 11.6 Å². The minimum atomic E-state index is 0.133. The highest BCUT2D eigenvalue weighted by molar-refractivity contribution is 6.17. The van der Waals surface area contributed by atoms with Crippen LogP contribution >= 0.6 is 11.6 Å². The van der Waals surface area contributed by atoms with E-state index < -0.39 is 0 Å². The number of carbonyl (C=O) groups excluding carboxylic acids is 2. The van der Waals surface area contributed by atoms with Gasteiger partial charge in [-0.25, -0.2) is 0 Å². The van der Waals surface area contributed by atoms with E-state index in [1.54, 1.807) is 11.9 Å². The van der Waals surface area contributed by atoms with Crippen LogP contribution in [-0.2, 0) is 11.2 Å². The number of hydrogen-bond acceptors (Lipinski definition) is 2. The van der Waals surface area contributed by atoms with Gasteiger partial charge in [0.15, 0.2) is 5.78 Å². The number of unbranched alkanes of at least 4 members (excludes halogenated alkanes) is 1. The Morgan fingerprint density at radius 2 is 2.11 bits per heavy atom. The van der Waals surface area contributed by atoms with Crippen LogP contribution in [0.15, 0.2) is 18.2 Å². The van der Waals surface area contributed by atoms with Crippen molar-refractivity contribution >= 4 is 29.0 Å². The van der Waals surface area contributed by atoms with E-state index in [0.717, 1.165) is 36.1 Å². The number of carbonyl (C=O) groups is 2. The van der Waals surface area contributed by atoms with Gasteiger partial charge in [-0.2, -0.15) is 0 Å². The molecule has 0 aliphatic carbocycles. The van der Waals surface area contributed by atoms with Crippen molar-refractivity contribution in [3.05, 3.63) is 29.3 Å². The summed E-state index contributed by atoms with van der Waals surface area (Å²) in [5.74, 6) is 0.894. The van der Waals surface area contributed by atoms with Crippen LogP contribution in [0.25, 0.3) is 0 Å². The Kier molecular flexibility index (Phi) is 4.59. The van der Waals surface area contributed by atoms with Crippen molar-refractivity contribution in [3.8, 4) is 0 Å². The smallest absolute Gasteiger partial charge is 0.227 e. The molecule has 0 N–H and O–H groups in total. The maximum absolute atomic E-state index is 12.0. The molecular weight excluding hydrogens is 262 g/mol. The topological polar surface area (TPSA) is 37.4 Å². The van der Waals surface area contributed by atoms with Crippen LogP contribution in [0.4, 0.5) is 5.69 Å². The zero-order valence-electron chi connectivity index (χ0n) is 11.1. The average molecular weight is 280 g/mol. The van der Waals surface area contributed by atoms with Gasteiger partial charge in [-0.3, -0.25) is 9.59 Å². The molecule has 0 saturated carbocycles. The van der Waals surface area contributed by atoms with Crippen molar-refractivity contribution < 1.29 is 9.59 Å². The summed E-state index contributed by atoms with van der Waals surface area (Å²) in [5.41, 5.74) is 2.76. The fraction of sp³-hybridized carbons (Fsp3) is 0.467. The Bertz CT molecular complexity index is 499. The maximum Gasteiger partial charge on any atom is 0.227 e. The second kappa shape index (κ2) is 6.20. The Morgan fingerprint density at radius 3 is 2.84 bits per heavy atom. The monoisotopic (exact) mass is 279 g/mol. The molecule has 19 heavy (non-hydrogen) atoms. The molecule has 1 aliphatic rings. The molecule has 0 saturated heterocycles. The van der Waals surface area contributed by atoms with Crippen LogP contribution in [0, 0.1) is 0 Å². The third-order valence-corrected chi connectivity index (χ3v) is 3.80. The molecule has 0 aromatic heterocycles. The predicted molar refractivity (Wildman–Crippen MR) is 77.1 cm³/mol. The van der Waals surface area contributed by atoms with Gasteiger partial charge in [0.1, 0.15) is 0 Å². The van der Waals surface area contributed by atoms with Crippen LogP contribution in [0.5, 0.6) is 0 Å². The Balaban J connectivity index is 2.13. The van der Waals surface area contributed by atoms with Crippen molar-refractivity contribution in [2.45, 2.75) is 32.1 Å². The molecule has 3 nitrogen and oxygen atoms in total. The first kappa shape index (κ1) is 14.1. The lowest BCUT2D eigenvalue weighted by Gasteiger charge is -2.26. The SMILES string of the molecule is CN1C(=O)CCc2cc(C(=O)CCCCCl)ccc21. The summed E-state index contributed by atoms with van der Waals surface area (Å²) < 4.78 is 0. The van der Waals surface area contributed by atoms with Gasteiger partial charge in [-0.1, -0.05) is 0 Å². The summed E-state index contributed by atoms with van der Waals surface area (Å²) in [7, 11) is 1.78. The van der Waals surface area contributed by atoms with Gasteiger partial charge in [-0.05, 0) is 43.0 Å². The van der Waals surface area contributed by atoms with Crippen molar-refractivity contribution in [2.75, 3.05) is 17.8 Å². The summed E-state index contributed by atoms with van der Waals surface area (Å²) in [6.45, 7) is 0. The van der Waals surface area contributed by atoms with E-state index >= 15 is 0 Å². The number of benzene rings is 1. The molecule has 1 aromatic rings. The van der Waals surface area contributed by atoms with Gasteiger partial charge in [0, 0.05) is 37.0 Å². The summed E-state index contributed by atoms with van der Waals surface area (Å²) in [4.78, 5) is 25.3. The Labute approximate surface area is 118 Å². The third kappa shape index (κ3) is 3.16. The number of nitrogens with zero attached hydrogens (tertiary/aromatic N) is 1. The van der Waals surface area contributed by atoms with E-state index in [2.05, 4.69) is 0 Å². The van der Waals surface area contributed by atoms with Gasteiger partial charge in [0.25, 0.3) is 0 Å². The molecule has 0 unspecified atom stereocenters. The lowest BCUT2D eigenvalue weighted by Crippen LogP contribution is -2.31. The summed E-state index contributed by atoms with van der Waals surface area (Å²) in [6, 6.07) is 5.62. The number of aryl methyl sites for hydroxylation is 1. The molecule has 1 aliphatic heterocycles. The van der Waals surface area contributed by atoms with Crippen LogP contribution in [-0.4, -0.2) is 24.6 Å². The fourth-order valence-electron chi connectivity index (χ4n) is 2.35. The number of hydrogen-bond donors (Lipinski definition) is 0. The lowest BCUT2D eigenvalue weighted by atomic mass is 9.96. The van der Waals surface area contributed by atoms with Crippen LogP contribution < -0.4 is 4.90 Å². The standard InChI is InChI=1S/C15H18ClNO2/c1-17-13-7-5-12(14(18)4-2-3-9-16)10-11(13)6-8-15(17)19/h5,7,10H,2-4,6,8-9H2,1H3. The largest absolute Gasteiger partial charge is 0.315 e. The van der Waals surface area contributed by atoms with Crippen molar-refractivity contribution in [3.63, 3.8) is 0 Å². The molecule has 0 spiro atoms. The number of fused-ring (bicyclic) bond motifs is 1. The summed E-state index contributed by atoms with van der Waals surface area (Å²) in [5, 5.41) is 0. The van der Waals surface area contributed by atoms with Crippen LogP contribution in [0.3, 0.4) is 0 Å². The van der Waals surface area contributed by atoms with Gasteiger partial charge in [0.2, 0.25) is 5.91 Å². The van der Waals surface area contributed by atoms with Crippen molar-refractivity contribution in [1.82, 2.24) is 0 Å². The van der Waals surface area contributed by atoms with E-state index in [1.807, 2.05) is 18.2 Å². The quantitative estimate of drug-likeness (QED) is 0.472. The molecule has 1 amide bonds. The number of Topliss-reactive ketones (excluding diaryl/α,β-unsaturated/α-hetero) is 1. The van der Waals surface area contributed by atoms with Crippen molar-refractivity contribution in [1.29, 1.82) is 0 Å². The minimum absolute atomic E-state index is 0.133. The van der Waals surface area contributed by atoms with Gasteiger partial charge in [0.05, 0.1) is 0 Å². The molecule has 1 heterocycles. The highest BCUT2D eigenvalue weighted by atomic mass is 35.5. The number of amides is 1. The van der Waals surface area contributed by atoms with Gasteiger partial charge >= 0.3 is 0 Å². The van der Waals surface area contributed by atoms with E-state index in [0.29, 0.717) is 18.7 Å². The third-order valence-electron chi connectivity index (χ3n) is 3.53. The molecule has 0 radical (unpaired) electrons. The first-order valence-electron chi connectivity index (χ1n) is 6.62. The van der Waals surface area contributed by atoms with Gasteiger partial charge < -0.3 is 4.90 Å². The number of halogens is 1. The normalized spacial score (nSPS) is 14.4. The highest BCUT2D eigenvalue weighted by Gasteiger charge is 2.21. The molecule has 0 atom stereocenters. The van der Waals surface area contributed by atoms with E-state index in [1.165, 1.54) is 0 Å². The second-order valence-corrected chi connectivity index (χ2v) is 5.24. The molecule has 0 bridgehead atoms.